The van der Waals surface area contributed by atoms with Crippen molar-refractivity contribution in [1.82, 2.24) is 25.1 Å². The van der Waals surface area contributed by atoms with E-state index in [4.69, 9.17) is 0 Å². The maximum Gasteiger partial charge on any atom is 0.254 e. The second-order valence-corrected chi connectivity index (χ2v) is 6.40. The summed E-state index contributed by atoms with van der Waals surface area (Å²) in [5.41, 5.74) is 3.36. The number of carbonyl (C=O) groups is 1. The van der Waals surface area contributed by atoms with Crippen LogP contribution in [0.5, 0.6) is 0 Å². The van der Waals surface area contributed by atoms with Crippen molar-refractivity contribution in [2.75, 3.05) is 0 Å². The molecule has 1 saturated carbocycles. The molecule has 0 spiro atoms. The Morgan fingerprint density at radius 2 is 2.12 bits per heavy atom. The average Bonchev–Trinajstić information content (AvgIpc) is 3.32. The summed E-state index contributed by atoms with van der Waals surface area (Å²) in [6.45, 7) is 2.04. The van der Waals surface area contributed by atoms with Gasteiger partial charge in [-0.3, -0.25) is 9.78 Å². The molecule has 0 aliphatic heterocycles. The molecule has 0 saturated heterocycles. The fraction of sp³-hybridized carbons (Fsp3) is 0.263. The van der Waals surface area contributed by atoms with Gasteiger partial charge in [-0.1, -0.05) is 12.1 Å². The number of aromatic nitrogens is 4. The Bertz CT molecular complexity index is 886. The van der Waals surface area contributed by atoms with E-state index in [0.717, 1.165) is 24.1 Å². The number of benzene rings is 1. The molecular formula is C19H19N5O. The molecule has 126 valence electrons. The highest BCUT2D eigenvalue weighted by atomic mass is 16.1. The molecule has 1 aliphatic rings. The quantitative estimate of drug-likeness (QED) is 0.779. The molecule has 0 radical (unpaired) electrons. The normalized spacial score (nSPS) is 14.9. The molecule has 3 aromatic rings. The third kappa shape index (κ3) is 3.28. The molecule has 4 rings (SSSR count). The van der Waals surface area contributed by atoms with Gasteiger partial charge in [-0.05, 0) is 55.5 Å². The minimum Gasteiger partial charge on any atom is -0.343 e. The number of rotatable bonds is 5. The largest absolute Gasteiger partial charge is 0.343 e. The fourth-order valence-electron chi connectivity index (χ4n) is 3.01. The van der Waals surface area contributed by atoms with Crippen molar-refractivity contribution in [2.45, 2.75) is 25.8 Å². The average molecular weight is 333 g/mol. The van der Waals surface area contributed by atoms with Crippen molar-refractivity contribution in [3.63, 3.8) is 0 Å². The van der Waals surface area contributed by atoms with Gasteiger partial charge in [-0.25, -0.2) is 9.67 Å². The summed E-state index contributed by atoms with van der Waals surface area (Å²) in [4.78, 5) is 21.4. The van der Waals surface area contributed by atoms with Crippen LogP contribution in [0.25, 0.3) is 5.69 Å². The highest BCUT2D eigenvalue weighted by Crippen LogP contribution is 2.40. The van der Waals surface area contributed by atoms with E-state index in [0.29, 0.717) is 17.2 Å². The molecule has 6 nitrogen and oxygen atoms in total. The van der Waals surface area contributed by atoms with Crippen LogP contribution in [0.4, 0.5) is 0 Å². The maximum atomic E-state index is 13.0. The number of pyridine rings is 1. The number of hydrogen-bond donors (Lipinski definition) is 1. The lowest BCUT2D eigenvalue weighted by molar-refractivity contribution is 0.0930. The summed E-state index contributed by atoms with van der Waals surface area (Å²) < 4.78 is 1.60. The van der Waals surface area contributed by atoms with Gasteiger partial charge in [0.2, 0.25) is 0 Å². The predicted molar refractivity (Wildman–Crippen MR) is 93.3 cm³/mol. The lowest BCUT2D eigenvalue weighted by atomic mass is 10.0. The predicted octanol–water partition coefficient (Wildman–Crippen LogP) is 2.85. The van der Waals surface area contributed by atoms with Crippen molar-refractivity contribution in [2.24, 2.45) is 5.92 Å². The number of nitrogens with zero attached hydrogens (tertiary/aromatic N) is 4. The van der Waals surface area contributed by atoms with Gasteiger partial charge in [0.1, 0.15) is 12.7 Å². The van der Waals surface area contributed by atoms with Crippen LogP contribution in [0.2, 0.25) is 0 Å². The van der Waals surface area contributed by atoms with E-state index >= 15 is 0 Å². The number of hydrogen-bond acceptors (Lipinski definition) is 4. The minimum atomic E-state index is -0.119. The molecule has 1 aliphatic carbocycles. The smallest absolute Gasteiger partial charge is 0.254 e. The van der Waals surface area contributed by atoms with Crippen molar-refractivity contribution in [1.29, 1.82) is 0 Å². The summed E-state index contributed by atoms with van der Waals surface area (Å²) in [5, 5.41) is 7.32. The van der Waals surface area contributed by atoms with E-state index in [1.54, 1.807) is 23.3 Å². The number of nitrogens with one attached hydrogen (secondary N) is 1. The van der Waals surface area contributed by atoms with Crippen LogP contribution in [0, 0.1) is 12.8 Å². The summed E-state index contributed by atoms with van der Waals surface area (Å²) in [6.07, 6.45) is 7.08. The third-order valence-corrected chi connectivity index (χ3v) is 4.45. The van der Waals surface area contributed by atoms with Gasteiger partial charge >= 0.3 is 0 Å². The molecule has 0 unspecified atom stereocenters. The van der Waals surface area contributed by atoms with Gasteiger partial charge in [0.15, 0.2) is 0 Å². The molecule has 6 heteroatoms. The van der Waals surface area contributed by atoms with Crippen LogP contribution in [0.1, 0.15) is 40.5 Å². The molecule has 1 amide bonds. The Morgan fingerprint density at radius 3 is 2.84 bits per heavy atom. The van der Waals surface area contributed by atoms with E-state index < -0.39 is 0 Å². The Labute approximate surface area is 145 Å². The summed E-state index contributed by atoms with van der Waals surface area (Å²) in [5.74, 6) is 0.336. The van der Waals surface area contributed by atoms with Gasteiger partial charge < -0.3 is 5.32 Å². The fourth-order valence-corrected chi connectivity index (χ4v) is 3.01. The minimum absolute atomic E-state index is 0.0591. The van der Waals surface area contributed by atoms with E-state index in [2.05, 4.69) is 20.4 Å². The van der Waals surface area contributed by atoms with Gasteiger partial charge in [0.05, 0.1) is 23.0 Å². The van der Waals surface area contributed by atoms with Crippen LogP contribution in [0.3, 0.4) is 0 Å². The SMILES string of the molecule is Cc1ccnc([C@H](NC(=O)c2ccccc2-n2cncn2)C2CC2)c1. The zero-order valence-electron chi connectivity index (χ0n) is 14.0. The lowest BCUT2D eigenvalue weighted by Gasteiger charge is -2.19. The summed E-state index contributed by atoms with van der Waals surface area (Å²) in [6, 6.07) is 11.4. The van der Waals surface area contributed by atoms with E-state index in [1.165, 1.54) is 6.33 Å². The van der Waals surface area contributed by atoms with Crippen LogP contribution >= 0.6 is 0 Å². The monoisotopic (exact) mass is 333 g/mol. The first kappa shape index (κ1) is 15.5. The second-order valence-electron chi connectivity index (χ2n) is 6.40. The van der Waals surface area contributed by atoms with Gasteiger partial charge in [-0.2, -0.15) is 5.10 Å². The van der Waals surface area contributed by atoms with E-state index in [-0.39, 0.29) is 11.9 Å². The second kappa shape index (κ2) is 6.47. The van der Waals surface area contributed by atoms with Crippen molar-refractivity contribution >= 4 is 5.91 Å². The molecule has 1 fully saturated rings. The lowest BCUT2D eigenvalue weighted by Crippen LogP contribution is -2.31. The molecule has 0 bridgehead atoms. The molecule has 25 heavy (non-hydrogen) atoms. The van der Waals surface area contributed by atoms with Crippen LogP contribution in [0.15, 0.2) is 55.2 Å². The summed E-state index contributed by atoms with van der Waals surface area (Å²) >= 11 is 0. The Hall–Kier alpha value is -3.02. The highest BCUT2D eigenvalue weighted by molar-refractivity contribution is 5.98. The molecule has 1 aromatic carbocycles. The zero-order chi connectivity index (χ0) is 17.2. The van der Waals surface area contributed by atoms with Gasteiger partial charge in [-0.15, -0.1) is 0 Å². The number of amides is 1. The standard InChI is InChI=1S/C19H19N5O/c1-13-8-9-21-16(10-13)18(14-6-7-14)23-19(25)15-4-2-3-5-17(15)24-12-20-11-22-24/h2-5,8-12,14,18H,6-7H2,1H3,(H,23,25)/t18-/m1/s1. The molecule has 1 N–H and O–H groups in total. The molecule has 1 atom stereocenters. The molecular weight excluding hydrogens is 314 g/mol. The Balaban J connectivity index is 1.63. The van der Waals surface area contributed by atoms with Crippen LogP contribution in [-0.2, 0) is 0 Å². The first-order valence-electron chi connectivity index (χ1n) is 8.40. The molecule has 2 aromatic heterocycles. The third-order valence-electron chi connectivity index (χ3n) is 4.45. The zero-order valence-corrected chi connectivity index (χ0v) is 14.0. The van der Waals surface area contributed by atoms with Gasteiger partial charge in [0, 0.05) is 6.20 Å². The first-order valence-corrected chi connectivity index (χ1v) is 8.40. The number of carbonyl (C=O) groups excluding carboxylic acids is 1. The number of para-hydroxylation sites is 1. The highest BCUT2D eigenvalue weighted by Gasteiger charge is 2.34. The van der Waals surface area contributed by atoms with E-state index in [9.17, 15) is 4.79 Å². The van der Waals surface area contributed by atoms with Gasteiger partial charge in [0.25, 0.3) is 5.91 Å². The molecule has 2 heterocycles. The first-order chi connectivity index (χ1) is 12.2. The van der Waals surface area contributed by atoms with Crippen LogP contribution in [-0.4, -0.2) is 25.7 Å². The Morgan fingerprint density at radius 1 is 1.28 bits per heavy atom. The number of aryl methyl sites for hydroxylation is 1. The summed E-state index contributed by atoms with van der Waals surface area (Å²) in [7, 11) is 0. The van der Waals surface area contributed by atoms with Crippen molar-refractivity contribution < 1.29 is 4.79 Å². The Kier molecular flexibility index (Phi) is 4.01. The topological polar surface area (TPSA) is 72.7 Å². The van der Waals surface area contributed by atoms with Crippen molar-refractivity contribution in [3.05, 3.63) is 72.1 Å². The van der Waals surface area contributed by atoms with Crippen molar-refractivity contribution in [3.8, 4) is 5.69 Å². The van der Waals surface area contributed by atoms with E-state index in [1.807, 2.05) is 37.3 Å². The van der Waals surface area contributed by atoms with Crippen LogP contribution < -0.4 is 5.32 Å². The maximum absolute atomic E-state index is 13.0.